The molecule has 2 rings (SSSR count). The van der Waals surface area contributed by atoms with Gasteiger partial charge in [-0.2, -0.15) is 5.26 Å². The predicted octanol–water partition coefficient (Wildman–Crippen LogP) is 2.01. The Labute approximate surface area is 93.8 Å². The molecule has 1 saturated heterocycles. The predicted molar refractivity (Wildman–Crippen MR) is 57.4 cm³/mol. The summed E-state index contributed by atoms with van der Waals surface area (Å²) in [5.41, 5.74) is 0.792. The minimum Gasteiger partial charge on any atom is -0.496 e. The van der Waals surface area contributed by atoms with Gasteiger partial charge in [0.2, 0.25) is 0 Å². The van der Waals surface area contributed by atoms with E-state index in [0.717, 1.165) is 5.56 Å². The number of hydrogen-bond acceptors (Lipinski definition) is 3. The fourth-order valence-electron chi connectivity index (χ4n) is 2.05. The summed E-state index contributed by atoms with van der Waals surface area (Å²) < 4.78 is 18.4. The summed E-state index contributed by atoms with van der Waals surface area (Å²) >= 11 is 0. The van der Waals surface area contributed by atoms with Gasteiger partial charge in [0.05, 0.1) is 19.1 Å². The van der Waals surface area contributed by atoms with Crippen molar-refractivity contribution < 1.29 is 9.13 Å². The molecule has 4 heteroatoms. The average Bonchev–Trinajstić information content (AvgIpc) is 2.77. The van der Waals surface area contributed by atoms with E-state index in [4.69, 9.17) is 10.00 Å². The van der Waals surface area contributed by atoms with Crippen molar-refractivity contribution in [3.8, 4) is 11.8 Å². The fourth-order valence-corrected chi connectivity index (χ4v) is 2.05. The Kier molecular flexibility index (Phi) is 3.07. The van der Waals surface area contributed by atoms with E-state index in [2.05, 4.69) is 11.4 Å². The molecule has 2 atom stereocenters. The molecule has 0 aliphatic carbocycles. The van der Waals surface area contributed by atoms with Crippen LogP contribution in [0, 0.1) is 23.1 Å². The zero-order chi connectivity index (χ0) is 11.5. The standard InChI is InChI=1S/C12H13FN2O/c1-16-12-3-2-9(13)5-10(12)11-4-8(6-14)7-15-11/h2-3,5,8,11,15H,4,7H2,1H3. The number of ether oxygens (including phenoxy) is 1. The second kappa shape index (κ2) is 4.50. The van der Waals surface area contributed by atoms with Crippen LogP contribution >= 0.6 is 0 Å². The van der Waals surface area contributed by atoms with E-state index in [9.17, 15) is 4.39 Å². The molecule has 0 amide bonds. The first-order chi connectivity index (χ1) is 7.74. The van der Waals surface area contributed by atoms with Gasteiger partial charge < -0.3 is 10.1 Å². The fraction of sp³-hybridized carbons (Fsp3) is 0.417. The first-order valence-electron chi connectivity index (χ1n) is 5.21. The van der Waals surface area contributed by atoms with Crippen LogP contribution in [-0.4, -0.2) is 13.7 Å². The van der Waals surface area contributed by atoms with Gasteiger partial charge in [-0.3, -0.25) is 0 Å². The Bertz CT molecular complexity index is 428. The minimum atomic E-state index is -0.280. The molecule has 1 heterocycles. The van der Waals surface area contributed by atoms with Gasteiger partial charge in [-0.15, -0.1) is 0 Å². The Morgan fingerprint density at radius 3 is 3.00 bits per heavy atom. The number of nitrogens with one attached hydrogen (secondary N) is 1. The highest BCUT2D eigenvalue weighted by Crippen LogP contribution is 2.33. The Balaban J connectivity index is 2.27. The van der Waals surface area contributed by atoms with Gasteiger partial charge >= 0.3 is 0 Å². The van der Waals surface area contributed by atoms with E-state index < -0.39 is 0 Å². The SMILES string of the molecule is COc1ccc(F)cc1C1CC(C#N)CN1. The maximum Gasteiger partial charge on any atom is 0.123 e. The summed E-state index contributed by atoms with van der Waals surface area (Å²) in [7, 11) is 1.56. The molecule has 1 aromatic carbocycles. The molecule has 1 fully saturated rings. The van der Waals surface area contributed by atoms with Crippen molar-refractivity contribution in [3.05, 3.63) is 29.6 Å². The highest BCUT2D eigenvalue weighted by molar-refractivity contribution is 5.37. The van der Waals surface area contributed by atoms with Crippen LogP contribution in [-0.2, 0) is 0 Å². The van der Waals surface area contributed by atoms with Crippen molar-refractivity contribution in [2.75, 3.05) is 13.7 Å². The second-order valence-corrected chi connectivity index (χ2v) is 3.91. The van der Waals surface area contributed by atoms with Gasteiger partial charge in [-0.05, 0) is 24.6 Å². The first kappa shape index (κ1) is 10.9. The van der Waals surface area contributed by atoms with Gasteiger partial charge in [-0.1, -0.05) is 0 Å². The van der Waals surface area contributed by atoms with E-state index in [0.29, 0.717) is 18.7 Å². The quantitative estimate of drug-likeness (QED) is 0.829. The molecule has 1 aliphatic heterocycles. The number of benzene rings is 1. The summed E-state index contributed by atoms with van der Waals surface area (Å²) in [5, 5.41) is 12.0. The van der Waals surface area contributed by atoms with Crippen LogP contribution in [0.1, 0.15) is 18.0 Å². The topological polar surface area (TPSA) is 45.0 Å². The zero-order valence-electron chi connectivity index (χ0n) is 9.03. The molecule has 3 nitrogen and oxygen atoms in total. The number of hydrogen-bond donors (Lipinski definition) is 1. The number of rotatable bonds is 2. The van der Waals surface area contributed by atoms with E-state index >= 15 is 0 Å². The van der Waals surface area contributed by atoms with Gasteiger partial charge in [0.15, 0.2) is 0 Å². The summed E-state index contributed by atoms with van der Waals surface area (Å²) in [6, 6.07) is 6.69. The molecular weight excluding hydrogens is 207 g/mol. The molecule has 2 unspecified atom stereocenters. The molecule has 1 aromatic rings. The molecule has 0 aromatic heterocycles. The minimum absolute atomic E-state index is 0.00188. The molecule has 84 valence electrons. The second-order valence-electron chi connectivity index (χ2n) is 3.91. The van der Waals surface area contributed by atoms with Gasteiger partial charge in [0.25, 0.3) is 0 Å². The lowest BCUT2D eigenvalue weighted by Gasteiger charge is -2.14. The van der Waals surface area contributed by atoms with E-state index in [1.54, 1.807) is 13.2 Å². The first-order valence-corrected chi connectivity index (χ1v) is 5.21. The summed E-state index contributed by atoms with van der Waals surface area (Å²) in [4.78, 5) is 0. The largest absolute Gasteiger partial charge is 0.496 e. The summed E-state index contributed by atoms with van der Waals surface area (Å²) in [5.74, 6) is 0.383. The molecule has 16 heavy (non-hydrogen) atoms. The maximum absolute atomic E-state index is 13.2. The Morgan fingerprint density at radius 1 is 1.56 bits per heavy atom. The van der Waals surface area contributed by atoms with Crippen molar-refractivity contribution in [2.45, 2.75) is 12.5 Å². The van der Waals surface area contributed by atoms with Gasteiger partial charge in [0, 0.05) is 18.2 Å². The average molecular weight is 220 g/mol. The zero-order valence-corrected chi connectivity index (χ0v) is 9.03. The smallest absolute Gasteiger partial charge is 0.123 e. The van der Waals surface area contributed by atoms with Crippen LogP contribution in [0.4, 0.5) is 4.39 Å². The Morgan fingerprint density at radius 2 is 2.38 bits per heavy atom. The van der Waals surface area contributed by atoms with Crippen molar-refractivity contribution >= 4 is 0 Å². The number of methoxy groups -OCH3 is 1. The summed E-state index contributed by atoms with van der Waals surface area (Å²) in [6.45, 7) is 0.654. The normalized spacial score (nSPS) is 24.1. The number of nitrogens with zero attached hydrogens (tertiary/aromatic N) is 1. The molecule has 0 saturated carbocycles. The maximum atomic E-state index is 13.2. The van der Waals surface area contributed by atoms with Crippen LogP contribution in [0.3, 0.4) is 0 Å². The lowest BCUT2D eigenvalue weighted by atomic mass is 10.00. The molecule has 0 radical (unpaired) electrons. The number of nitriles is 1. The highest BCUT2D eigenvalue weighted by atomic mass is 19.1. The molecular formula is C12H13FN2O. The molecule has 0 spiro atoms. The van der Waals surface area contributed by atoms with Crippen molar-refractivity contribution in [2.24, 2.45) is 5.92 Å². The molecule has 0 bridgehead atoms. The van der Waals surface area contributed by atoms with Crippen LogP contribution < -0.4 is 10.1 Å². The third-order valence-corrected chi connectivity index (χ3v) is 2.88. The van der Waals surface area contributed by atoms with Gasteiger partial charge in [0.1, 0.15) is 11.6 Å². The van der Waals surface area contributed by atoms with Gasteiger partial charge in [-0.25, -0.2) is 4.39 Å². The van der Waals surface area contributed by atoms with E-state index in [1.807, 2.05) is 0 Å². The molecule has 1 aliphatic rings. The lowest BCUT2D eigenvalue weighted by molar-refractivity contribution is 0.401. The van der Waals surface area contributed by atoms with Crippen LogP contribution in [0.2, 0.25) is 0 Å². The lowest BCUT2D eigenvalue weighted by Crippen LogP contribution is -2.14. The third kappa shape index (κ3) is 2.00. The van der Waals surface area contributed by atoms with E-state index in [-0.39, 0.29) is 17.8 Å². The van der Waals surface area contributed by atoms with Crippen LogP contribution in [0.15, 0.2) is 18.2 Å². The molecule has 1 N–H and O–H groups in total. The van der Waals surface area contributed by atoms with Crippen molar-refractivity contribution in [1.82, 2.24) is 5.32 Å². The Hall–Kier alpha value is -1.60. The van der Waals surface area contributed by atoms with Crippen LogP contribution in [0.5, 0.6) is 5.75 Å². The van der Waals surface area contributed by atoms with Crippen LogP contribution in [0.25, 0.3) is 0 Å². The number of halogens is 1. The van der Waals surface area contributed by atoms with E-state index in [1.165, 1.54) is 12.1 Å². The summed E-state index contributed by atoms with van der Waals surface area (Å²) in [6.07, 6.45) is 0.705. The highest BCUT2D eigenvalue weighted by Gasteiger charge is 2.27. The van der Waals surface area contributed by atoms with Crippen molar-refractivity contribution in [3.63, 3.8) is 0 Å². The third-order valence-electron chi connectivity index (χ3n) is 2.88. The van der Waals surface area contributed by atoms with Crippen molar-refractivity contribution in [1.29, 1.82) is 5.26 Å². The monoisotopic (exact) mass is 220 g/mol.